The molecule has 1 aliphatic rings. The van der Waals surface area contributed by atoms with Gasteiger partial charge in [-0.1, -0.05) is 22.0 Å². The van der Waals surface area contributed by atoms with Crippen LogP contribution in [0.15, 0.2) is 18.2 Å². The average molecular weight is 290 g/mol. The summed E-state index contributed by atoms with van der Waals surface area (Å²) in [6.07, 6.45) is 2.30. The van der Waals surface area contributed by atoms with Crippen molar-refractivity contribution in [3.63, 3.8) is 0 Å². The van der Waals surface area contributed by atoms with Crippen LogP contribution in [-0.2, 0) is 6.54 Å². The van der Waals surface area contributed by atoms with Gasteiger partial charge in [-0.2, -0.15) is 0 Å². The van der Waals surface area contributed by atoms with Crippen LogP contribution >= 0.6 is 15.9 Å². The van der Waals surface area contributed by atoms with Crippen molar-refractivity contribution in [3.05, 3.63) is 35.4 Å². The SMILES string of the molecule is Fc1ccc(CN2CCCC2CBr)c(F)c1. The van der Waals surface area contributed by atoms with E-state index in [1.54, 1.807) is 0 Å². The van der Waals surface area contributed by atoms with Gasteiger partial charge in [-0.15, -0.1) is 0 Å². The summed E-state index contributed by atoms with van der Waals surface area (Å²) in [5.41, 5.74) is 0.578. The van der Waals surface area contributed by atoms with Crippen LogP contribution in [0.4, 0.5) is 8.78 Å². The number of alkyl halides is 1. The van der Waals surface area contributed by atoms with E-state index in [0.29, 0.717) is 18.2 Å². The molecule has 1 fully saturated rings. The van der Waals surface area contributed by atoms with Gasteiger partial charge in [-0.25, -0.2) is 8.78 Å². The minimum atomic E-state index is -0.514. The van der Waals surface area contributed by atoms with Gasteiger partial charge in [0.25, 0.3) is 0 Å². The highest BCUT2D eigenvalue weighted by atomic mass is 79.9. The molecule has 1 aliphatic heterocycles. The minimum Gasteiger partial charge on any atom is -0.295 e. The average Bonchev–Trinajstić information content (AvgIpc) is 2.69. The molecule has 88 valence electrons. The van der Waals surface area contributed by atoms with Crippen molar-refractivity contribution in [2.45, 2.75) is 25.4 Å². The lowest BCUT2D eigenvalue weighted by atomic mass is 10.2. The Morgan fingerprint density at radius 3 is 2.88 bits per heavy atom. The van der Waals surface area contributed by atoms with Crippen LogP contribution in [0.1, 0.15) is 18.4 Å². The summed E-state index contributed by atoms with van der Waals surface area (Å²) in [7, 11) is 0. The molecule has 4 heteroatoms. The lowest BCUT2D eigenvalue weighted by Gasteiger charge is -2.22. The number of rotatable bonds is 3. The van der Waals surface area contributed by atoms with E-state index in [1.807, 2.05) is 0 Å². The summed E-state index contributed by atoms with van der Waals surface area (Å²) in [6, 6.07) is 4.28. The zero-order valence-corrected chi connectivity index (χ0v) is 10.5. The van der Waals surface area contributed by atoms with Crippen molar-refractivity contribution in [1.29, 1.82) is 0 Å². The van der Waals surface area contributed by atoms with E-state index in [4.69, 9.17) is 0 Å². The lowest BCUT2D eigenvalue weighted by Crippen LogP contribution is -2.30. The topological polar surface area (TPSA) is 3.24 Å². The second-order valence-corrected chi connectivity index (χ2v) is 4.80. The highest BCUT2D eigenvalue weighted by molar-refractivity contribution is 9.09. The van der Waals surface area contributed by atoms with Gasteiger partial charge >= 0.3 is 0 Å². The number of likely N-dealkylation sites (tertiary alicyclic amines) is 1. The maximum Gasteiger partial charge on any atom is 0.130 e. The molecular formula is C12H14BrF2N. The molecule has 0 saturated carbocycles. The molecule has 1 heterocycles. The molecule has 0 amide bonds. The first-order valence-corrected chi connectivity index (χ1v) is 6.57. The number of halogens is 3. The molecule has 1 unspecified atom stereocenters. The van der Waals surface area contributed by atoms with Crippen molar-refractivity contribution >= 4 is 15.9 Å². The number of nitrogens with zero attached hydrogens (tertiary/aromatic N) is 1. The Bertz CT molecular complexity index is 370. The smallest absolute Gasteiger partial charge is 0.130 e. The molecule has 0 aromatic heterocycles. The maximum absolute atomic E-state index is 13.5. The first-order valence-electron chi connectivity index (χ1n) is 5.44. The third-order valence-electron chi connectivity index (χ3n) is 3.07. The molecule has 0 spiro atoms. The van der Waals surface area contributed by atoms with Crippen LogP contribution in [0.3, 0.4) is 0 Å². The number of hydrogen-bond donors (Lipinski definition) is 0. The summed E-state index contributed by atoms with van der Waals surface area (Å²) >= 11 is 3.46. The zero-order chi connectivity index (χ0) is 11.5. The monoisotopic (exact) mass is 289 g/mol. The third kappa shape index (κ3) is 2.61. The Morgan fingerprint density at radius 2 is 2.19 bits per heavy atom. The predicted octanol–water partition coefficient (Wildman–Crippen LogP) is 3.32. The Hall–Kier alpha value is -0.480. The standard InChI is InChI=1S/C12H14BrF2N/c13-7-11-2-1-5-16(11)8-9-3-4-10(14)6-12(9)15/h3-4,6,11H,1-2,5,7-8H2. The predicted molar refractivity (Wildman–Crippen MR) is 63.6 cm³/mol. The summed E-state index contributed by atoms with van der Waals surface area (Å²) in [5, 5.41) is 0.913. The largest absolute Gasteiger partial charge is 0.295 e. The van der Waals surface area contributed by atoms with Crippen molar-refractivity contribution in [2.24, 2.45) is 0 Å². The fourth-order valence-electron chi connectivity index (χ4n) is 2.15. The van der Waals surface area contributed by atoms with Crippen LogP contribution in [0.5, 0.6) is 0 Å². The minimum absolute atomic E-state index is 0.444. The summed E-state index contributed by atoms with van der Waals surface area (Å²) in [5.74, 6) is -0.958. The first kappa shape index (κ1) is 12.0. The molecule has 0 bridgehead atoms. The highest BCUT2D eigenvalue weighted by Crippen LogP contribution is 2.22. The fourth-order valence-corrected chi connectivity index (χ4v) is 2.88. The molecule has 0 radical (unpaired) electrons. The molecule has 1 nitrogen and oxygen atoms in total. The molecule has 0 aliphatic carbocycles. The molecule has 1 aromatic rings. The van der Waals surface area contributed by atoms with Crippen LogP contribution < -0.4 is 0 Å². The Balaban J connectivity index is 2.08. The van der Waals surface area contributed by atoms with Crippen molar-refractivity contribution in [1.82, 2.24) is 4.90 Å². The third-order valence-corrected chi connectivity index (χ3v) is 3.81. The van der Waals surface area contributed by atoms with Crippen LogP contribution in [0, 0.1) is 11.6 Å². The van der Waals surface area contributed by atoms with E-state index in [9.17, 15) is 8.78 Å². The zero-order valence-electron chi connectivity index (χ0n) is 8.93. The van der Waals surface area contributed by atoms with E-state index in [1.165, 1.54) is 12.1 Å². The Labute approximate surface area is 103 Å². The van der Waals surface area contributed by atoms with Gasteiger partial charge in [-0.05, 0) is 25.5 Å². The van der Waals surface area contributed by atoms with Gasteiger partial charge in [-0.3, -0.25) is 4.90 Å². The highest BCUT2D eigenvalue weighted by Gasteiger charge is 2.24. The molecular weight excluding hydrogens is 276 g/mol. The lowest BCUT2D eigenvalue weighted by molar-refractivity contribution is 0.261. The van der Waals surface area contributed by atoms with Crippen LogP contribution in [-0.4, -0.2) is 22.8 Å². The second-order valence-electron chi connectivity index (χ2n) is 4.16. The van der Waals surface area contributed by atoms with Crippen molar-refractivity contribution in [2.75, 3.05) is 11.9 Å². The van der Waals surface area contributed by atoms with Gasteiger partial charge < -0.3 is 0 Å². The Morgan fingerprint density at radius 1 is 1.38 bits per heavy atom. The Kier molecular flexibility index (Phi) is 3.92. The van der Waals surface area contributed by atoms with E-state index in [0.717, 1.165) is 30.8 Å². The molecule has 2 rings (SSSR count). The van der Waals surface area contributed by atoms with Crippen LogP contribution in [0.25, 0.3) is 0 Å². The molecule has 0 N–H and O–H groups in total. The summed E-state index contributed by atoms with van der Waals surface area (Å²) in [4.78, 5) is 2.24. The van der Waals surface area contributed by atoms with Gasteiger partial charge in [0.05, 0.1) is 0 Å². The van der Waals surface area contributed by atoms with Crippen molar-refractivity contribution in [3.8, 4) is 0 Å². The molecule has 1 saturated heterocycles. The summed E-state index contributed by atoms with van der Waals surface area (Å²) in [6.45, 7) is 1.56. The first-order chi connectivity index (χ1) is 7.70. The molecule has 16 heavy (non-hydrogen) atoms. The number of benzene rings is 1. The van der Waals surface area contributed by atoms with Gasteiger partial charge in [0, 0.05) is 29.5 Å². The fraction of sp³-hybridized carbons (Fsp3) is 0.500. The second kappa shape index (κ2) is 5.23. The normalized spacial score (nSPS) is 21.6. The quantitative estimate of drug-likeness (QED) is 0.772. The van der Waals surface area contributed by atoms with Crippen LogP contribution in [0.2, 0.25) is 0 Å². The van der Waals surface area contributed by atoms with Gasteiger partial charge in [0.15, 0.2) is 0 Å². The van der Waals surface area contributed by atoms with Crippen molar-refractivity contribution < 1.29 is 8.78 Å². The molecule has 1 atom stereocenters. The van der Waals surface area contributed by atoms with Gasteiger partial charge in [0.2, 0.25) is 0 Å². The molecule has 1 aromatic carbocycles. The van der Waals surface area contributed by atoms with E-state index in [-0.39, 0.29) is 0 Å². The van der Waals surface area contributed by atoms with E-state index < -0.39 is 11.6 Å². The summed E-state index contributed by atoms with van der Waals surface area (Å²) < 4.78 is 26.2. The van der Waals surface area contributed by atoms with Gasteiger partial charge in [0.1, 0.15) is 11.6 Å². The number of hydrogen-bond acceptors (Lipinski definition) is 1. The van der Waals surface area contributed by atoms with E-state index >= 15 is 0 Å². The van der Waals surface area contributed by atoms with E-state index in [2.05, 4.69) is 20.8 Å². The maximum atomic E-state index is 13.5.